The highest BCUT2D eigenvalue weighted by molar-refractivity contribution is 8.03. The lowest BCUT2D eigenvalue weighted by atomic mass is 9.80. The molecule has 0 saturated heterocycles. The molecule has 1 aliphatic carbocycles. The van der Waals surface area contributed by atoms with Gasteiger partial charge in [0.05, 0.1) is 4.90 Å². The van der Waals surface area contributed by atoms with Gasteiger partial charge in [-0.2, -0.15) is 5.26 Å². The lowest BCUT2D eigenvalue weighted by Gasteiger charge is -2.25. The second-order valence-electron chi connectivity index (χ2n) is 8.51. The third-order valence-electron chi connectivity index (χ3n) is 6.28. The number of halogens is 2. The summed E-state index contributed by atoms with van der Waals surface area (Å²) in [6.45, 7) is 2.26. The van der Waals surface area contributed by atoms with Gasteiger partial charge in [0.15, 0.2) is 0 Å². The molecule has 0 heterocycles. The van der Waals surface area contributed by atoms with Gasteiger partial charge in [-0.1, -0.05) is 49.8 Å². The Morgan fingerprint density at radius 2 is 1.59 bits per heavy atom. The molecule has 0 N–H and O–H groups in total. The number of hydrogen-bond donors (Lipinski definition) is 0. The molecule has 0 aliphatic heterocycles. The molecular weight excluding hydrogens is 420 g/mol. The van der Waals surface area contributed by atoms with Gasteiger partial charge in [-0.05, 0) is 95.6 Å². The lowest BCUT2D eigenvalue weighted by Crippen LogP contribution is -2.13. The molecule has 0 atom stereocenters. The number of rotatable bonds is 4. The van der Waals surface area contributed by atoms with Gasteiger partial charge in [-0.3, -0.25) is 0 Å². The number of hydrogen-bond acceptors (Lipinski definition) is 2. The molecule has 0 radical (unpaired) electrons. The van der Waals surface area contributed by atoms with Gasteiger partial charge in [-0.25, -0.2) is 8.78 Å². The van der Waals surface area contributed by atoms with E-state index in [2.05, 4.69) is 24.8 Å². The van der Waals surface area contributed by atoms with E-state index < -0.39 is 11.6 Å². The molecule has 3 aromatic carbocycles. The van der Waals surface area contributed by atoms with Crippen LogP contribution in [0.5, 0.6) is 0 Å². The van der Waals surface area contributed by atoms with E-state index in [1.54, 1.807) is 5.40 Å². The van der Waals surface area contributed by atoms with Crippen molar-refractivity contribution in [2.24, 2.45) is 11.8 Å². The Labute approximate surface area is 192 Å². The number of thioether (sulfide) groups is 1. The molecule has 1 aliphatic rings. The first-order valence-electron chi connectivity index (χ1n) is 11.2. The quantitative estimate of drug-likeness (QED) is 0.229. The average Bonchev–Trinajstić information content (AvgIpc) is 2.80. The number of nitriles is 1. The van der Waals surface area contributed by atoms with E-state index in [0.29, 0.717) is 23.2 Å². The smallest absolute Gasteiger partial charge is 0.141 e. The summed E-state index contributed by atoms with van der Waals surface area (Å²) in [5, 5.41) is 12.5. The second-order valence-corrected chi connectivity index (χ2v) is 9.31. The fourth-order valence-corrected chi connectivity index (χ4v) is 4.97. The molecular formula is C28H25F2NS. The predicted molar refractivity (Wildman–Crippen MR) is 128 cm³/mol. The van der Waals surface area contributed by atoms with Crippen molar-refractivity contribution in [1.82, 2.24) is 0 Å². The average molecular weight is 446 g/mol. The summed E-state index contributed by atoms with van der Waals surface area (Å²) in [6.07, 6.45) is 7.61. The Morgan fingerprint density at radius 3 is 2.28 bits per heavy atom. The maximum Gasteiger partial charge on any atom is 0.141 e. The maximum atomic E-state index is 14.2. The normalized spacial score (nSPS) is 18.1. The predicted octanol–water partition coefficient (Wildman–Crippen LogP) is 8.32. The van der Waals surface area contributed by atoms with Crippen LogP contribution in [0.1, 0.15) is 51.0 Å². The maximum absolute atomic E-state index is 14.2. The summed E-state index contributed by atoms with van der Waals surface area (Å²) in [5.41, 5.74) is 2.18. The van der Waals surface area contributed by atoms with Crippen molar-refractivity contribution in [2.75, 3.05) is 0 Å². The Balaban J connectivity index is 1.52. The Bertz CT molecular complexity index is 1200. The van der Waals surface area contributed by atoms with Crippen molar-refractivity contribution < 1.29 is 8.78 Å². The Kier molecular flexibility index (Phi) is 7.13. The largest absolute Gasteiger partial charge is 0.206 e. The monoisotopic (exact) mass is 445 g/mol. The van der Waals surface area contributed by atoms with Gasteiger partial charge >= 0.3 is 0 Å². The minimum absolute atomic E-state index is 0.265. The fourth-order valence-electron chi connectivity index (χ4n) is 4.56. The van der Waals surface area contributed by atoms with E-state index >= 15 is 0 Å². The molecule has 1 saturated carbocycles. The minimum atomic E-state index is -0.721. The van der Waals surface area contributed by atoms with E-state index in [-0.39, 0.29) is 4.90 Å². The zero-order valence-corrected chi connectivity index (χ0v) is 18.9. The summed E-state index contributed by atoms with van der Waals surface area (Å²) < 4.78 is 28.4. The van der Waals surface area contributed by atoms with E-state index in [9.17, 15) is 8.78 Å². The van der Waals surface area contributed by atoms with Gasteiger partial charge in [-0.15, -0.1) is 0 Å². The third kappa shape index (κ3) is 5.14. The first kappa shape index (κ1) is 22.4. The van der Waals surface area contributed by atoms with Crippen molar-refractivity contribution in [1.29, 1.82) is 5.26 Å². The number of benzene rings is 3. The molecule has 162 valence electrons. The van der Waals surface area contributed by atoms with Crippen LogP contribution < -0.4 is 0 Å². The van der Waals surface area contributed by atoms with Crippen LogP contribution in [-0.2, 0) is 0 Å². The van der Waals surface area contributed by atoms with Gasteiger partial charge in [0.1, 0.15) is 17.0 Å². The molecule has 4 rings (SSSR count). The molecule has 4 heteroatoms. The molecule has 0 bridgehead atoms. The fraction of sp³-hybridized carbons (Fsp3) is 0.321. The number of fused-ring (bicyclic) bond motifs is 1. The summed E-state index contributed by atoms with van der Waals surface area (Å²) in [4.78, 5) is -0.265. The van der Waals surface area contributed by atoms with Gasteiger partial charge < -0.3 is 0 Å². The SMILES string of the molecule is CCCC1CCC(C#Cc2ccc3cc(-c4cc(F)c(SC#N)c(F)c4)ccc3c2)CC1. The summed E-state index contributed by atoms with van der Waals surface area (Å²) in [5.74, 6) is 6.76. The molecule has 0 aromatic heterocycles. The van der Waals surface area contributed by atoms with E-state index in [1.165, 1.54) is 50.7 Å². The van der Waals surface area contributed by atoms with Crippen molar-refractivity contribution in [3.05, 3.63) is 65.7 Å². The van der Waals surface area contributed by atoms with Gasteiger partial charge in [0.25, 0.3) is 0 Å². The molecule has 32 heavy (non-hydrogen) atoms. The summed E-state index contributed by atoms with van der Waals surface area (Å²) >= 11 is 0.496. The minimum Gasteiger partial charge on any atom is -0.206 e. The van der Waals surface area contributed by atoms with Gasteiger partial charge in [0.2, 0.25) is 0 Å². The van der Waals surface area contributed by atoms with E-state index in [0.717, 1.165) is 27.8 Å². The molecule has 0 spiro atoms. The molecule has 1 nitrogen and oxygen atoms in total. The van der Waals surface area contributed by atoms with Gasteiger partial charge in [0, 0.05) is 11.5 Å². The van der Waals surface area contributed by atoms with Crippen LogP contribution in [0, 0.1) is 46.0 Å². The molecule has 0 amide bonds. The third-order valence-corrected chi connectivity index (χ3v) is 6.97. The topological polar surface area (TPSA) is 23.8 Å². The van der Waals surface area contributed by atoms with Crippen molar-refractivity contribution >= 4 is 22.5 Å². The zero-order chi connectivity index (χ0) is 22.5. The van der Waals surface area contributed by atoms with Crippen LogP contribution >= 0.6 is 11.8 Å². The molecule has 3 aromatic rings. The highest BCUT2D eigenvalue weighted by atomic mass is 32.2. The van der Waals surface area contributed by atoms with Crippen LogP contribution in [0.25, 0.3) is 21.9 Å². The number of thiocyanates is 1. The summed E-state index contributed by atoms with van der Waals surface area (Å²) in [7, 11) is 0. The van der Waals surface area contributed by atoms with Crippen molar-refractivity contribution in [3.8, 4) is 28.4 Å². The lowest BCUT2D eigenvalue weighted by molar-refractivity contribution is 0.300. The first-order chi connectivity index (χ1) is 15.6. The zero-order valence-electron chi connectivity index (χ0n) is 18.1. The van der Waals surface area contributed by atoms with Crippen molar-refractivity contribution in [3.63, 3.8) is 0 Å². The van der Waals surface area contributed by atoms with Crippen molar-refractivity contribution in [2.45, 2.75) is 50.3 Å². The highest BCUT2D eigenvalue weighted by Gasteiger charge is 2.19. The molecule has 0 unspecified atom stereocenters. The number of nitrogens with zero attached hydrogens (tertiary/aromatic N) is 1. The standard InChI is InChI=1S/C28H25F2NS/c1-2-3-19-4-6-20(7-5-19)8-9-21-10-11-23-15-24(13-12-22(23)14-21)25-16-26(29)28(32-18-31)27(30)17-25/h10-17,19-20H,2-7H2,1H3. The summed E-state index contributed by atoms with van der Waals surface area (Å²) in [6, 6.07) is 14.4. The van der Waals surface area contributed by atoms with Crippen LogP contribution in [0.4, 0.5) is 8.78 Å². The second kappa shape index (κ2) is 10.2. The highest BCUT2D eigenvalue weighted by Crippen LogP contribution is 2.32. The van der Waals surface area contributed by atoms with E-state index in [4.69, 9.17) is 5.26 Å². The van der Waals surface area contributed by atoms with Crippen LogP contribution in [-0.4, -0.2) is 0 Å². The van der Waals surface area contributed by atoms with E-state index in [1.807, 2.05) is 30.3 Å². The van der Waals surface area contributed by atoms with Crippen LogP contribution in [0.3, 0.4) is 0 Å². The van der Waals surface area contributed by atoms with Crippen LogP contribution in [0.2, 0.25) is 0 Å². The molecule has 1 fully saturated rings. The first-order valence-corrected chi connectivity index (χ1v) is 12.0. The van der Waals surface area contributed by atoms with Crippen LogP contribution in [0.15, 0.2) is 53.4 Å². The Hall–Kier alpha value is -2.82. The Morgan fingerprint density at radius 1 is 0.906 bits per heavy atom.